The Balaban J connectivity index is 2.30. The fourth-order valence-corrected chi connectivity index (χ4v) is 1.91. The highest BCUT2D eigenvalue weighted by atomic mass is 16.6. The zero-order chi connectivity index (χ0) is 16.6. The van der Waals surface area contributed by atoms with Crippen molar-refractivity contribution in [3.8, 4) is 0 Å². The van der Waals surface area contributed by atoms with Crippen LogP contribution in [0, 0.1) is 0 Å². The van der Waals surface area contributed by atoms with E-state index < -0.39 is 5.60 Å². The summed E-state index contributed by atoms with van der Waals surface area (Å²) in [6.45, 7) is 9.88. The first-order valence-electron chi connectivity index (χ1n) is 7.72. The van der Waals surface area contributed by atoms with Crippen molar-refractivity contribution >= 4 is 17.9 Å². The molecule has 22 heavy (non-hydrogen) atoms. The standard InChI is InChI=1S/C15H27N3O4/c1-5-21-13(19)7-6-8-16-12-11-18(10-9-17-12)14(20)22-15(2,3)4/h5-11H2,1-4H3,(H,16,17). The van der Waals surface area contributed by atoms with Gasteiger partial charge >= 0.3 is 12.1 Å². The molecule has 0 aromatic carbocycles. The Morgan fingerprint density at radius 1 is 1.36 bits per heavy atom. The average molecular weight is 313 g/mol. The second kappa shape index (κ2) is 8.60. The lowest BCUT2D eigenvalue weighted by molar-refractivity contribution is -0.143. The predicted molar refractivity (Wildman–Crippen MR) is 84.0 cm³/mol. The van der Waals surface area contributed by atoms with Crippen LogP contribution in [0.15, 0.2) is 4.99 Å². The fourth-order valence-electron chi connectivity index (χ4n) is 1.91. The van der Waals surface area contributed by atoms with Gasteiger partial charge in [-0.3, -0.25) is 14.7 Å². The fraction of sp³-hybridized carbons (Fsp3) is 0.800. The molecule has 0 aromatic rings. The summed E-state index contributed by atoms with van der Waals surface area (Å²) in [5.41, 5.74) is -0.501. The van der Waals surface area contributed by atoms with Gasteiger partial charge in [0, 0.05) is 19.5 Å². The van der Waals surface area contributed by atoms with Gasteiger partial charge in [0.25, 0.3) is 0 Å². The SMILES string of the molecule is CCOC(=O)CCCNC1=NCCN(C(=O)OC(C)(C)C)C1. The summed E-state index contributed by atoms with van der Waals surface area (Å²) in [7, 11) is 0. The number of ether oxygens (including phenoxy) is 2. The summed E-state index contributed by atoms with van der Waals surface area (Å²) in [6, 6.07) is 0. The molecule has 0 radical (unpaired) electrons. The summed E-state index contributed by atoms with van der Waals surface area (Å²) >= 11 is 0. The number of amidine groups is 1. The minimum atomic E-state index is -0.501. The lowest BCUT2D eigenvalue weighted by Crippen LogP contribution is -2.47. The van der Waals surface area contributed by atoms with Crippen molar-refractivity contribution in [2.45, 2.75) is 46.1 Å². The summed E-state index contributed by atoms with van der Waals surface area (Å²) in [5, 5.41) is 3.16. The average Bonchev–Trinajstić information content (AvgIpc) is 2.42. The number of nitrogens with one attached hydrogen (secondary N) is 1. The maximum absolute atomic E-state index is 12.0. The van der Waals surface area contributed by atoms with Gasteiger partial charge < -0.3 is 14.8 Å². The van der Waals surface area contributed by atoms with Gasteiger partial charge in [-0.25, -0.2) is 4.79 Å². The number of hydrogen-bond acceptors (Lipinski definition) is 6. The van der Waals surface area contributed by atoms with Crippen LogP contribution in [0.4, 0.5) is 4.79 Å². The molecular formula is C15H27N3O4. The van der Waals surface area contributed by atoms with E-state index in [0.29, 0.717) is 45.6 Å². The number of rotatable bonds is 5. The molecule has 0 bridgehead atoms. The Kier molecular flexibility index (Phi) is 7.14. The van der Waals surface area contributed by atoms with Crippen LogP contribution in [-0.4, -0.2) is 61.2 Å². The molecule has 1 amide bonds. The molecule has 0 fully saturated rings. The van der Waals surface area contributed by atoms with Crippen molar-refractivity contribution in [3.63, 3.8) is 0 Å². The Labute approximate surface area is 132 Å². The molecule has 0 unspecified atom stereocenters. The number of nitrogens with zero attached hydrogens (tertiary/aromatic N) is 2. The van der Waals surface area contributed by atoms with E-state index in [1.54, 1.807) is 11.8 Å². The third-order valence-corrected chi connectivity index (χ3v) is 2.86. The lowest BCUT2D eigenvalue weighted by atomic mass is 10.2. The van der Waals surface area contributed by atoms with Crippen LogP contribution in [0.2, 0.25) is 0 Å². The molecule has 1 N–H and O–H groups in total. The van der Waals surface area contributed by atoms with E-state index in [2.05, 4.69) is 10.3 Å². The van der Waals surface area contributed by atoms with Crippen molar-refractivity contribution in [2.24, 2.45) is 4.99 Å². The Morgan fingerprint density at radius 2 is 2.09 bits per heavy atom. The third kappa shape index (κ3) is 7.28. The Morgan fingerprint density at radius 3 is 2.73 bits per heavy atom. The second-order valence-electron chi connectivity index (χ2n) is 6.07. The largest absolute Gasteiger partial charge is 0.466 e. The number of hydrogen-bond donors (Lipinski definition) is 1. The second-order valence-corrected chi connectivity index (χ2v) is 6.07. The first-order valence-corrected chi connectivity index (χ1v) is 7.72. The summed E-state index contributed by atoms with van der Waals surface area (Å²) in [6.07, 6.45) is 0.724. The number of carbonyl (C=O) groups is 2. The molecule has 0 saturated heterocycles. The lowest BCUT2D eigenvalue weighted by Gasteiger charge is -2.29. The predicted octanol–water partition coefficient (Wildman–Crippen LogP) is 1.57. The van der Waals surface area contributed by atoms with Crippen LogP contribution in [0.1, 0.15) is 40.5 Å². The van der Waals surface area contributed by atoms with Crippen LogP contribution in [0.25, 0.3) is 0 Å². The molecule has 7 nitrogen and oxygen atoms in total. The number of esters is 1. The Bertz CT molecular complexity index is 416. The van der Waals surface area contributed by atoms with Gasteiger partial charge in [0.2, 0.25) is 0 Å². The minimum Gasteiger partial charge on any atom is -0.466 e. The van der Waals surface area contributed by atoms with Crippen molar-refractivity contribution in [2.75, 3.05) is 32.8 Å². The van der Waals surface area contributed by atoms with Crippen LogP contribution in [0.3, 0.4) is 0 Å². The van der Waals surface area contributed by atoms with Gasteiger partial charge in [0.1, 0.15) is 11.4 Å². The molecule has 1 aliphatic rings. The Hall–Kier alpha value is -1.79. The molecule has 0 aliphatic carbocycles. The van der Waals surface area contributed by atoms with E-state index in [0.717, 1.165) is 5.84 Å². The van der Waals surface area contributed by atoms with Crippen molar-refractivity contribution < 1.29 is 19.1 Å². The molecule has 1 heterocycles. The van der Waals surface area contributed by atoms with E-state index in [1.807, 2.05) is 20.8 Å². The zero-order valence-corrected chi connectivity index (χ0v) is 14.0. The number of amides is 1. The van der Waals surface area contributed by atoms with Crippen LogP contribution in [0.5, 0.6) is 0 Å². The van der Waals surface area contributed by atoms with E-state index in [-0.39, 0.29) is 12.1 Å². The van der Waals surface area contributed by atoms with E-state index in [1.165, 1.54) is 0 Å². The first-order chi connectivity index (χ1) is 10.3. The third-order valence-electron chi connectivity index (χ3n) is 2.86. The molecular weight excluding hydrogens is 286 g/mol. The molecule has 0 spiro atoms. The molecule has 0 saturated carbocycles. The van der Waals surface area contributed by atoms with Gasteiger partial charge in [-0.15, -0.1) is 0 Å². The molecule has 0 aromatic heterocycles. The van der Waals surface area contributed by atoms with Crippen LogP contribution >= 0.6 is 0 Å². The summed E-state index contributed by atoms with van der Waals surface area (Å²) in [4.78, 5) is 29.2. The normalized spacial score (nSPS) is 15.1. The minimum absolute atomic E-state index is 0.190. The zero-order valence-electron chi connectivity index (χ0n) is 14.0. The maximum atomic E-state index is 12.0. The van der Waals surface area contributed by atoms with Gasteiger partial charge in [0.15, 0.2) is 0 Å². The van der Waals surface area contributed by atoms with Crippen molar-refractivity contribution in [3.05, 3.63) is 0 Å². The van der Waals surface area contributed by atoms with Crippen molar-refractivity contribution in [1.82, 2.24) is 10.2 Å². The molecule has 126 valence electrons. The van der Waals surface area contributed by atoms with Gasteiger partial charge in [-0.2, -0.15) is 0 Å². The van der Waals surface area contributed by atoms with Crippen molar-refractivity contribution in [1.29, 1.82) is 0 Å². The molecule has 0 atom stereocenters. The smallest absolute Gasteiger partial charge is 0.410 e. The highest BCUT2D eigenvalue weighted by Crippen LogP contribution is 2.10. The first kappa shape index (κ1) is 18.3. The topological polar surface area (TPSA) is 80.2 Å². The quantitative estimate of drug-likeness (QED) is 0.615. The number of carbonyl (C=O) groups excluding carboxylic acids is 2. The van der Waals surface area contributed by atoms with Crippen LogP contribution < -0.4 is 5.32 Å². The highest BCUT2D eigenvalue weighted by molar-refractivity contribution is 5.87. The van der Waals surface area contributed by atoms with Gasteiger partial charge in [0.05, 0.1) is 19.7 Å². The van der Waals surface area contributed by atoms with Gasteiger partial charge in [-0.1, -0.05) is 0 Å². The summed E-state index contributed by atoms with van der Waals surface area (Å²) < 4.78 is 10.2. The summed E-state index contributed by atoms with van der Waals surface area (Å²) in [5.74, 6) is 0.561. The molecule has 7 heteroatoms. The highest BCUT2D eigenvalue weighted by Gasteiger charge is 2.24. The molecule has 1 rings (SSSR count). The van der Waals surface area contributed by atoms with Gasteiger partial charge in [-0.05, 0) is 34.1 Å². The van der Waals surface area contributed by atoms with Crippen LogP contribution in [-0.2, 0) is 14.3 Å². The monoisotopic (exact) mass is 313 g/mol. The van der Waals surface area contributed by atoms with E-state index >= 15 is 0 Å². The van der Waals surface area contributed by atoms with E-state index in [9.17, 15) is 9.59 Å². The number of aliphatic imine (C=N–C) groups is 1. The maximum Gasteiger partial charge on any atom is 0.410 e. The van der Waals surface area contributed by atoms with E-state index in [4.69, 9.17) is 9.47 Å². The molecule has 1 aliphatic heterocycles.